The van der Waals surface area contributed by atoms with Gasteiger partial charge in [-0.05, 0) is 91.5 Å². The number of carbonyl (C=O) groups excluding carboxylic acids is 1. The van der Waals surface area contributed by atoms with E-state index < -0.39 is 45.9 Å². The second-order valence-corrected chi connectivity index (χ2v) is 14.6. The SMILES string of the molecule is CC(C)(C)OC(=O)N1CCC[C@](C[N+](=O)[O-])(N[S+]([O-])C(C)(C)C)[C@@H]1CO[C@H]1CC[C@@H](c2ccccc2)CC1. The Morgan fingerprint density at radius 3 is 2.32 bits per heavy atom. The quantitative estimate of drug-likeness (QED) is 0.268. The molecule has 38 heavy (non-hydrogen) atoms. The number of benzene rings is 1. The summed E-state index contributed by atoms with van der Waals surface area (Å²) in [7, 11) is 0. The minimum absolute atomic E-state index is 0.00112. The first-order valence-corrected chi connectivity index (χ1v) is 14.8. The molecule has 1 aromatic rings. The molecule has 10 heteroatoms. The van der Waals surface area contributed by atoms with Crippen molar-refractivity contribution in [3.8, 4) is 0 Å². The van der Waals surface area contributed by atoms with Gasteiger partial charge in [0.15, 0.2) is 5.54 Å². The van der Waals surface area contributed by atoms with Crippen LogP contribution in [-0.2, 0) is 20.8 Å². The Balaban J connectivity index is 1.81. The van der Waals surface area contributed by atoms with Crippen LogP contribution in [0.2, 0.25) is 0 Å². The van der Waals surface area contributed by atoms with E-state index in [1.165, 1.54) is 5.56 Å². The van der Waals surface area contributed by atoms with Gasteiger partial charge in [-0.15, -0.1) is 4.72 Å². The third-order valence-corrected chi connectivity index (χ3v) is 9.07. The Hall–Kier alpha value is -1.88. The molecule has 1 aromatic carbocycles. The maximum absolute atomic E-state index is 13.3. The first-order chi connectivity index (χ1) is 17.7. The van der Waals surface area contributed by atoms with Gasteiger partial charge in [-0.25, -0.2) is 4.79 Å². The number of ether oxygens (including phenoxy) is 2. The van der Waals surface area contributed by atoms with Crippen molar-refractivity contribution in [3.63, 3.8) is 0 Å². The zero-order valence-electron chi connectivity index (χ0n) is 23.7. The molecule has 1 unspecified atom stereocenters. The number of amides is 1. The Morgan fingerprint density at radius 1 is 1.13 bits per heavy atom. The molecule has 1 heterocycles. The first-order valence-electron chi connectivity index (χ1n) is 13.7. The van der Waals surface area contributed by atoms with Crippen LogP contribution in [0.1, 0.15) is 91.5 Å². The summed E-state index contributed by atoms with van der Waals surface area (Å²) in [5.74, 6) is 0.494. The molecule has 3 rings (SSSR count). The molecular weight excluding hydrogens is 506 g/mol. The molecule has 9 nitrogen and oxygen atoms in total. The summed E-state index contributed by atoms with van der Waals surface area (Å²) in [6.45, 7) is 10.9. The van der Waals surface area contributed by atoms with Crippen molar-refractivity contribution >= 4 is 17.5 Å². The molecule has 0 bridgehead atoms. The van der Waals surface area contributed by atoms with Crippen LogP contribution in [0.4, 0.5) is 4.79 Å². The fourth-order valence-electron chi connectivity index (χ4n) is 5.39. The molecule has 1 saturated carbocycles. The molecule has 1 N–H and O–H groups in total. The fourth-order valence-corrected chi connectivity index (χ4v) is 6.37. The number of likely N-dealkylation sites (tertiary alicyclic amines) is 1. The Morgan fingerprint density at radius 2 is 1.76 bits per heavy atom. The second-order valence-electron chi connectivity index (χ2n) is 12.6. The van der Waals surface area contributed by atoms with Gasteiger partial charge in [0, 0.05) is 22.8 Å². The maximum Gasteiger partial charge on any atom is 0.410 e. The van der Waals surface area contributed by atoms with Crippen LogP contribution < -0.4 is 4.72 Å². The van der Waals surface area contributed by atoms with Crippen molar-refractivity contribution in [2.45, 2.75) is 114 Å². The van der Waals surface area contributed by atoms with Gasteiger partial charge in [0.1, 0.15) is 10.3 Å². The molecule has 0 spiro atoms. The highest BCUT2D eigenvalue weighted by Gasteiger charge is 2.55. The Labute approximate surface area is 230 Å². The van der Waals surface area contributed by atoms with E-state index in [1.807, 2.05) is 26.8 Å². The van der Waals surface area contributed by atoms with Gasteiger partial charge in [0.05, 0.1) is 18.8 Å². The predicted molar refractivity (Wildman–Crippen MR) is 149 cm³/mol. The predicted octanol–water partition coefficient (Wildman–Crippen LogP) is 5.20. The van der Waals surface area contributed by atoms with Gasteiger partial charge in [-0.1, -0.05) is 30.3 Å². The molecule has 1 aliphatic carbocycles. The van der Waals surface area contributed by atoms with E-state index in [0.717, 1.165) is 25.7 Å². The standard InChI is InChI=1S/C28H45N3O6S/c1-26(2,3)37-25(32)30-18-10-17-28(20-31(33)34,29-38(35)27(4,5)6)24(30)19-36-23-15-13-22(14-16-23)21-11-8-7-9-12-21/h7-9,11-12,22-24,29H,10,13-20H2,1-6H3/t22-,23+,24-,28+,38?/m0/s1. The smallest absolute Gasteiger partial charge is 0.410 e. The van der Waals surface area contributed by atoms with Gasteiger partial charge in [-0.2, -0.15) is 0 Å². The van der Waals surface area contributed by atoms with Crippen LogP contribution in [0.15, 0.2) is 30.3 Å². The minimum Gasteiger partial charge on any atom is -0.598 e. The number of piperidine rings is 1. The summed E-state index contributed by atoms with van der Waals surface area (Å²) < 4.78 is 27.8. The molecule has 0 radical (unpaired) electrons. The van der Waals surface area contributed by atoms with Crippen molar-refractivity contribution in [2.24, 2.45) is 0 Å². The molecule has 0 aromatic heterocycles. The maximum atomic E-state index is 13.3. The highest BCUT2D eigenvalue weighted by atomic mass is 32.2. The molecule has 2 fully saturated rings. The summed E-state index contributed by atoms with van der Waals surface area (Å²) in [6.07, 6.45) is 4.16. The number of carbonyl (C=O) groups is 1. The van der Waals surface area contributed by atoms with Gasteiger partial charge in [0.25, 0.3) is 0 Å². The van der Waals surface area contributed by atoms with E-state index in [1.54, 1.807) is 25.7 Å². The van der Waals surface area contributed by atoms with Crippen LogP contribution in [0.3, 0.4) is 0 Å². The topological polar surface area (TPSA) is 117 Å². The van der Waals surface area contributed by atoms with Crippen molar-refractivity contribution in [1.82, 2.24) is 9.62 Å². The number of rotatable bonds is 8. The minimum atomic E-state index is -1.58. The molecular formula is C28H45N3O6S. The first kappa shape index (κ1) is 30.7. The second kappa shape index (κ2) is 12.5. The van der Waals surface area contributed by atoms with Crippen LogP contribution in [0.25, 0.3) is 0 Å². The van der Waals surface area contributed by atoms with E-state index >= 15 is 0 Å². The number of hydrogen-bond donors (Lipinski definition) is 1. The number of nitrogens with zero attached hydrogens (tertiary/aromatic N) is 2. The average Bonchev–Trinajstić information content (AvgIpc) is 2.82. The molecule has 2 aliphatic rings. The summed E-state index contributed by atoms with van der Waals surface area (Å²) in [5, 5.41) is 11.9. The number of nitrogens with one attached hydrogen (secondary N) is 1. The lowest BCUT2D eigenvalue weighted by Crippen LogP contribution is -2.71. The van der Waals surface area contributed by atoms with Crippen molar-refractivity contribution in [2.75, 3.05) is 19.7 Å². The van der Waals surface area contributed by atoms with E-state index in [0.29, 0.717) is 25.3 Å². The van der Waals surface area contributed by atoms with Crippen molar-refractivity contribution < 1.29 is 23.7 Å². The van der Waals surface area contributed by atoms with Gasteiger partial charge >= 0.3 is 6.09 Å². The summed E-state index contributed by atoms with van der Waals surface area (Å²) in [5.41, 5.74) is -0.588. The van der Waals surface area contributed by atoms with E-state index in [2.05, 4.69) is 29.0 Å². The molecule has 3 atom stereocenters. The van der Waals surface area contributed by atoms with Crippen LogP contribution in [0.5, 0.6) is 0 Å². The highest BCUT2D eigenvalue weighted by molar-refractivity contribution is 7.90. The number of nitro groups is 1. The van der Waals surface area contributed by atoms with Gasteiger partial charge < -0.3 is 18.9 Å². The molecule has 214 valence electrons. The van der Waals surface area contributed by atoms with Gasteiger partial charge in [-0.3, -0.25) is 10.1 Å². The normalized spacial score (nSPS) is 27.6. The van der Waals surface area contributed by atoms with E-state index in [-0.39, 0.29) is 17.6 Å². The molecule has 1 aliphatic heterocycles. The summed E-state index contributed by atoms with van der Waals surface area (Å²) >= 11 is -1.58. The Kier molecular flexibility index (Phi) is 10.1. The fraction of sp³-hybridized carbons (Fsp3) is 0.750. The Bertz CT molecular complexity index is 927. The third-order valence-electron chi connectivity index (χ3n) is 7.36. The van der Waals surface area contributed by atoms with Crippen molar-refractivity contribution in [1.29, 1.82) is 0 Å². The lowest BCUT2D eigenvalue weighted by molar-refractivity contribution is -0.493. The summed E-state index contributed by atoms with van der Waals surface area (Å²) in [4.78, 5) is 26.4. The van der Waals surface area contributed by atoms with E-state index in [4.69, 9.17) is 9.47 Å². The van der Waals surface area contributed by atoms with Crippen LogP contribution in [0, 0.1) is 10.1 Å². The molecule has 1 amide bonds. The lowest BCUT2D eigenvalue weighted by Gasteiger charge is -2.48. The number of hydrogen-bond acceptors (Lipinski definition) is 7. The van der Waals surface area contributed by atoms with Crippen LogP contribution >= 0.6 is 0 Å². The average molecular weight is 552 g/mol. The third kappa shape index (κ3) is 8.31. The zero-order chi connectivity index (χ0) is 28.1. The van der Waals surface area contributed by atoms with Gasteiger partial charge in [0.2, 0.25) is 6.54 Å². The van der Waals surface area contributed by atoms with E-state index in [9.17, 15) is 19.5 Å². The van der Waals surface area contributed by atoms with Crippen molar-refractivity contribution in [3.05, 3.63) is 46.0 Å². The zero-order valence-corrected chi connectivity index (χ0v) is 24.6. The summed E-state index contributed by atoms with van der Waals surface area (Å²) in [6, 6.07) is 9.79. The van der Waals surface area contributed by atoms with Crippen LogP contribution in [-0.4, -0.2) is 68.2 Å². The largest absolute Gasteiger partial charge is 0.598 e. The monoisotopic (exact) mass is 551 g/mol. The molecule has 1 saturated heterocycles. The highest BCUT2D eigenvalue weighted by Crippen LogP contribution is 2.36. The lowest BCUT2D eigenvalue weighted by atomic mass is 9.81.